The van der Waals surface area contributed by atoms with Gasteiger partial charge in [0.05, 0.1) is 0 Å². The molecule has 0 amide bonds. The van der Waals surface area contributed by atoms with Crippen LogP contribution in [0.5, 0.6) is 0 Å². The fourth-order valence-corrected chi connectivity index (χ4v) is 4.00. The third-order valence-electron chi connectivity index (χ3n) is 1.99. The Kier molecular flexibility index (Phi) is 9.66. The normalized spacial score (nSPS) is 9.86. The van der Waals surface area contributed by atoms with E-state index in [4.69, 9.17) is 0 Å². The molecule has 0 saturated carbocycles. The van der Waals surface area contributed by atoms with Gasteiger partial charge in [-0.2, -0.15) is 0 Å². The van der Waals surface area contributed by atoms with Gasteiger partial charge in [0, 0.05) is 0 Å². The van der Waals surface area contributed by atoms with Gasteiger partial charge in [0.1, 0.15) is 0 Å². The number of unbranched alkanes of at least 4 members (excludes halogenated alkanes) is 5. The third-order valence-corrected chi connectivity index (χ3v) is 5.64. The zero-order chi connectivity index (χ0) is 10.8. The fourth-order valence-electron chi connectivity index (χ4n) is 1.26. The van der Waals surface area contributed by atoms with E-state index in [1.165, 1.54) is 32.6 Å². The van der Waals surface area contributed by atoms with Crippen LogP contribution in [0.3, 0.4) is 0 Å². The Hall–Kier alpha value is 0.0687. The van der Waals surface area contributed by atoms with Gasteiger partial charge in [-0.3, -0.25) is 0 Å². The first-order chi connectivity index (χ1) is 6.66. The molecule has 0 aromatic rings. The number of carbonyl (C=O) groups excluding carboxylic acids is 1. The van der Waals surface area contributed by atoms with Crippen LogP contribution >= 0.6 is 0 Å². The topological polar surface area (TPSA) is 43.4 Å². The van der Waals surface area contributed by atoms with Gasteiger partial charge in [0.15, 0.2) is 0 Å². The summed E-state index contributed by atoms with van der Waals surface area (Å²) in [4.78, 5) is 10.5. The van der Waals surface area contributed by atoms with Gasteiger partial charge in [-0.05, 0) is 0 Å². The quantitative estimate of drug-likeness (QED) is 0.511. The van der Waals surface area contributed by atoms with Crippen LogP contribution in [-0.2, 0) is 10.9 Å². The van der Waals surface area contributed by atoms with E-state index in [2.05, 4.69) is 10.00 Å². The Balaban J connectivity index is 3.19. The van der Waals surface area contributed by atoms with Gasteiger partial charge in [0.2, 0.25) is 0 Å². The van der Waals surface area contributed by atoms with Gasteiger partial charge >= 0.3 is 93.9 Å². The van der Waals surface area contributed by atoms with Crippen LogP contribution in [0.25, 0.3) is 0 Å². The average molecular weight is 307 g/mol. The Morgan fingerprint density at radius 3 is 2.29 bits per heavy atom. The predicted molar refractivity (Wildman–Crippen MR) is 56.4 cm³/mol. The number of hydrogen-bond acceptors (Lipinski definition) is 3. The van der Waals surface area contributed by atoms with Gasteiger partial charge < -0.3 is 0 Å². The molecule has 0 N–H and O–H groups in total. The van der Waals surface area contributed by atoms with Crippen LogP contribution in [0.4, 0.5) is 0 Å². The molecule has 0 aromatic carbocycles. The standard InChI is InChI=1S/C8H17.C2H4O2.O.Sn/c1-3-5-7-8-6-4-2;1-2(3)4;;/h1,3-8H2,2H3;1H3,(H,3,4);;/q;;;+1/p-1. The van der Waals surface area contributed by atoms with E-state index in [1.807, 2.05) is 0 Å². The van der Waals surface area contributed by atoms with Gasteiger partial charge in [-0.25, -0.2) is 0 Å². The number of hydrogen-bond donors (Lipinski definition) is 0. The van der Waals surface area contributed by atoms with E-state index < -0.39 is 20.2 Å². The zero-order valence-electron chi connectivity index (χ0n) is 9.17. The van der Waals surface area contributed by atoms with Crippen molar-refractivity contribution in [2.75, 3.05) is 0 Å². The first-order valence-electron chi connectivity index (χ1n) is 5.38. The zero-order valence-corrected chi connectivity index (χ0v) is 12.0. The van der Waals surface area contributed by atoms with Crippen molar-refractivity contribution < 1.29 is 10.9 Å². The maximum atomic E-state index is 11.2. The monoisotopic (exact) mass is 308 g/mol. The van der Waals surface area contributed by atoms with E-state index in [1.54, 1.807) is 0 Å². The molecular weight excluding hydrogens is 287 g/mol. The van der Waals surface area contributed by atoms with E-state index in [0.29, 0.717) is 4.44 Å². The molecule has 0 radical (unpaired) electrons. The first-order valence-corrected chi connectivity index (χ1v) is 9.73. The molecule has 0 aliphatic heterocycles. The van der Waals surface area contributed by atoms with Crippen molar-refractivity contribution >= 4 is 26.1 Å². The molecule has 0 fully saturated rings. The summed E-state index contributed by atoms with van der Waals surface area (Å²) in [5.74, 6) is -0.389. The summed E-state index contributed by atoms with van der Waals surface area (Å²) in [6.45, 7) is 3.50. The summed E-state index contributed by atoms with van der Waals surface area (Å²) in [6, 6.07) is 0. The molecule has 0 atom stereocenters. The molecule has 0 rings (SSSR count). The summed E-state index contributed by atoms with van der Waals surface area (Å²) in [5, 5.41) is 0. The molecule has 0 aromatic heterocycles. The van der Waals surface area contributed by atoms with Crippen molar-refractivity contribution in [1.29, 1.82) is 0 Å². The molecule has 0 aliphatic rings. The summed E-state index contributed by atoms with van der Waals surface area (Å²) < 4.78 is 16.5. The van der Waals surface area contributed by atoms with Crippen molar-refractivity contribution in [2.45, 2.75) is 56.8 Å². The molecule has 0 bridgehead atoms. The van der Waals surface area contributed by atoms with Crippen molar-refractivity contribution in [3.63, 3.8) is 0 Å². The molecular formula is C10H20O3Sn. The average Bonchev–Trinajstić information content (AvgIpc) is 2.10. The van der Waals surface area contributed by atoms with Crippen LogP contribution in [-0.4, -0.2) is 26.1 Å². The minimum absolute atomic E-state index is 0.389. The second-order valence-electron chi connectivity index (χ2n) is 3.48. The van der Waals surface area contributed by atoms with Crippen LogP contribution in [0.15, 0.2) is 0 Å². The molecule has 14 heavy (non-hydrogen) atoms. The molecule has 0 aliphatic carbocycles. The van der Waals surface area contributed by atoms with Crippen molar-refractivity contribution in [2.24, 2.45) is 0 Å². The summed E-state index contributed by atoms with van der Waals surface area (Å²) in [5.41, 5.74) is 0. The van der Waals surface area contributed by atoms with Crippen molar-refractivity contribution in [1.82, 2.24) is 0 Å². The van der Waals surface area contributed by atoms with E-state index in [0.717, 1.165) is 12.8 Å². The number of carbonyl (C=O) groups is 1. The van der Waals surface area contributed by atoms with Crippen LogP contribution in [0.1, 0.15) is 52.4 Å². The van der Waals surface area contributed by atoms with Gasteiger partial charge in [-0.1, -0.05) is 0 Å². The van der Waals surface area contributed by atoms with Crippen LogP contribution < -0.4 is 0 Å². The summed E-state index contributed by atoms with van der Waals surface area (Å²) in [7, 11) is 0. The Morgan fingerprint density at radius 1 is 1.14 bits per heavy atom. The summed E-state index contributed by atoms with van der Waals surface area (Å²) in [6.07, 6.45) is 7.08. The molecule has 0 spiro atoms. The fraction of sp³-hybridized carbons (Fsp3) is 0.900. The Labute approximate surface area is 93.9 Å². The second kappa shape index (κ2) is 9.62. The third kappa shape index (κ3) is 10.2. The van der Waals surface area contributed by atoms with Crippen LogP contribution in [0.2, 0.25) is 4.44 Å². The molecule has 3 nitrogen and oxygen atoms in total. The molecule has 0 unspecified atom stereocenters. The van der Waals surface area contributed by atoms with Crippen molar-refractivity contribution in [3.05, 3.63) is 0 Å². The Bertz CT molecular complexity index is 180. The minimum atomic E-state index is -2.94. The van der Waals surface area contributed by atoms with Crippen LogP contribution in [0, 0.1) is 0 Å². The first kappa shape index (κ1) is 14.1. The molecule has 0 heterocycles. The second-order valence-corrected chi connectivity index (χ2v) is 7.62. The summed E-state index contributed by atoms with van der Waals surface area (Å²) >= 11 is -2.94. The van der Waals surface area contributed by atoms with E-state index in [-0.39, 0.29) is 5.97 Å². The van der Waals surface area contributed by atoms with E-state index >= 15 is 0 Å². The maximum absolute atomic E-state index is 11.2. The SMILES string of the molecule is CCCCCCC[CH2][Sn](=[O])[O]C(C)=O. The predicted octanol–water partition coefficient (Wildman–Crippen LogP) is 2.83. The number of rotatable bonds is 8. The van der Waals surface area contributed by atoms with Crippen molar-refractivity contribution in [3.8, 4) is 0 Å². The molecule has 82 valence electrons. The van der Waals surface area contributed by atoms with Gasteiger partial charge in [0.25, 0.3) is 0 Å². The Morgan fingerprint density at radius 2 is 1.71 bits per heavy atom. The van der Waals surface area contributed by atoms with Gasteiger partial charge in [-0.15, -0.1) is 0 Å². The molecule has 0 saturated heterocycles. The molecule has 4 heteroatoms. The van der Waals surface area contributed by atoms with E-state index in [9.17, 15) is 7.87 Å².